The van der Waals surface area contributed by atoms with Crippen molar-refractivity contribution in [2.75, 3.05) is 39.8 Å². The number of benzene rings is 7. The number of hydrogen-bond acceptors (Lipinski definition) is 5. The Balaban J connectivity index is 0.000000917. The van der Waals surface area contributed by atoms with Crippen LogP contribution in [-0.2, 0) is 6.42 Å². The average Bonchev–Trinajstić information content (AvgIpc) is 3.61. The highest BCUT2D eigenvalue weighted by Gasteiger charge is 2.16. The molecule has 5 heterocycles. The van der Waals surface area contributed by atoms with Gasteiger partial charge in [-0.05, 0) is 209 Å². The van der Waals surface area contributed by atoms with E-state index in [1.54, 1.807) is 0 Å². The van der Waals surface area contributed by atoms with Gasteiger partial charge >= 0.3 is 0 Å². The second-order valence-electron chi connectivity index (χ2n) is 21.0. The molecule has 0 radical (unpaired) electrons. The molecule has 5 nitrogen and oxygen atoms in total. The van der Waals surface area contributed by atoms with Crippen molar-refractivity contribution in [2.45, 2.75) is 13.3 Å². The third-order valence-corrected chi connectivity index (χ3v) is 15.1. The van der Waals surface area contributed by atoms with Crippen LogP contribution >= 0.6 is 0 Å². The fourth-order valence-corrected chi connectivity index (χ4v) is 10.7. The molecule has 5 heteroatoms. The van der Waals surface area contributed by atoms with E-state index < -0.39 is 0 Å². The van der Waals surface area contributed by atoms with Crippen molar-refractivity contribution in [3.05, 3.63) is 330 Å². The topological polar surface area (TPSA) is 51.4 Å². The number of likely N-dealkylation sites (N-methyl/N-ethyl adjacent to an activating group) is 1. The quantitative estimate of drug-likeness (QED) is 0.0818. The first-order valence-electron chi connectivity index (χ1n) is 28.2. The summed E-state index contributed by atoms with van der Waals surface area (Å²) in [6.07, 6.45) is 37.6. The van der Waals surface area contributed by atoms with Gasteiger partial charge in [0.05, 0.1) is 0 Å². The normalized spacial score (nSPS) is 15.7. The van der Waals surface area contributed by atoms with Crippen LogP contribution in [0.3, 0.4) is 0 Å². The maximum absolute atomic E-state index is 4.22. The fraction of sp³-hybridized carbons (Fsp3) is 0.105. The fourth-order valence-electron chi connectivity index (χ4n) is 10.7. The lowest BCUT2D eigenvalue weighted by atomic mass is 9.89. The third-order valence-electron chi connectivity index (χ3n) is 15.1. The maximum Gasteiger partial charge on any atom is 0.0401 e. The van der Waals surface area contributed by atoms with Gasteiger partial charge in [-0.25, -0.2) is 0 Å². The van der Waals surface area contributed by atoms with Gasteiger partial charge in [-0.2, -0.15) is 0 Å². The minimum Gasteiger partial charge on any atom is -0.387 e. The van der Waals surface area contributed by atoms with E-state index in [0.29, 0.717) is 0 Å². The van der Waals surface area contributed by atoms with Gasteiger partial charge in [-0.1, -0.05) is 189 Å². The summed E-state index contributed by atoms with van der Waals surface area (Å²) < 4.78 is 0. The molecule has 7 aromatic carbocycles. The molecule has 0 unspecified atom stereocenters. The van der Waals surface area contributed by atoms with E-state index in [0.717, 1.165) is 61.4 Å². The zero-order valence-corrected chi connectivity index (χ0v) is 46.4. The van der Waals surface area contributed by atoms with Gasteiger partial charge in [0.2, 0.25) is 0 Å². The molecule has 398 valence electrons. The van der Waals surface area contributed by atoms with Crippen LogP contribution in [0.5, 0.6) is 0 Å². The molecule has 0 amide bonds. The molecule has 0 spiro atoms. The summed E-state index contributed by atoms with van der Waals surface area (Å²) >= 11 is 0. The standard InChI is InChI=1S/C70H60N4.C6H9N/c1-3-51(52-16-5-4-6-17-52)36-62(54-19-8-20-55(37-54)63-27-12-32-71-45-63)31-30-50-15-7-18-53(35-50)69-44-70(48-73-47-69)61-26-11-25-60(40-61)68-42-66(58-23-9-21-56(38-58)64-28-13-33-72-46-64)41-67(43-68)59-24-10-22-57(39-59)65-29-14-34-74(2)49-65;1-6-3-2-4-7-5-6/h3-29,31-32,35-44,46-47,49,71-73H,1,30,33-34,45,48H2,2H3;2-3,5,7H,4H2,1H3/b51-36+,62-31+;. The number of allylic oxidation sites excluding steroid dienone is 15. The summed E-state index contributed by atoms with van der Waals surface area (Å²) in [5.74, 6) is 0. The Hall–Kier alpha value is -9.84. The number of nitrogens with zero attached hydrogens (tertiary/aromatic N) is 1. The first-order chi connectivity index (χ1) is 39.9. The molecule has 0 bridgehead atoms. The Labute approximate surface area is 479 Å². The average molecular weight is 1050 g/mol. The molecule has 7 aromatic rings. The highest BCUT2D eigenvalue weighted by Crippen LogP contribution is 2.37. The molecule has 0 aromatic heterocycles. The Morgan fingerprint density at radius 3 is 1.69 bits per heavy atom. The lowest BCUT2D eigenvalue weighted by Gasteiger charge is -2.19. The van der Waals surface area contributed by atoms with Crippen molar-refractivity contribution in [3.8, 4) is 33.4 Å². The van der Waals surface area contributed by atoms with Gasteiger partial charge in [0.1, 0.15) is 0 Å². The molecule has 0 fully saturated rings. The zero-order valence-electron chi connectivity index (χ0n) is 46.4. The predicted molar refractivity (Wildman–Crippen MR) is 347 cm³/mol. The summed E-state index contributed by atoms with van der Waals surface area (Å²) in [6.45, 7) is 10.6. The van der Waals surface area contributed by atoms with Gasteiger partial charge in [0, 0.05) is 58.4 Å². The van der Waals surface area contributed by atoms with Crippen molar-refractivity contribution < 1.29 is 0 Å². The first kappa shape index (κ1) is 53.2. The lowest BCUT2D eigenvalue weighted by Crippen LogP contribution is -2.14. The molecule has 0 aliphatic carbocycles. The number of nitrogens with one attached hydrogen (secondary N) is 4. The summed E-state index contributed by atoms with van der Waals surface area (Å²) in [5, 5.41) is 13.5. The minimum absolute atomic E-state index is 0.740. The van der Waals surface area contributed by atoms with Crippen LogP contribution in [0.1, 0.15) is 51.4 Å². The largest absolute Gasteiger partial charge is 0.387 e. The molecule has 0 atom stereocenters. The lowest BCUT2D eigenvalue weighted by molar-refractivity contribution is 0.507. The minimum atomic E-state index is 0.740. The van der Waals surface area contributed by atoms with Gasteiger partial charge < -0.3 is 26.2 Å². The smallest absolute Gasteiger partial charge is 0.0401 e. The van der Waals surface area contributed by atoms with E-state index in [2.05, 4.69) is 302 Å². The number of dihydropyridines is 4. The van der Waals surface area contributed by atoms with Crippen molar-refractivity contribution in [2.24, 2.45) is 0 Å². The van der Waals surface area contributed by atoms with Crippen LogP contribution in [0, 0.1) is 0 Å². The Morgan fingerprint density at radius 2 is 1.06 bits per heavy atom. The van der Waals surface area contributed by atoms with Crippen molar-refractivity contribution in [1.82, 2.24) is 26.2 Å². The van der Waals surface area contributed by atoms with Crippen LogP contribution in [0.2, 0.25) is 0 Å². The SMILES string of the molecule is C=C/C(=C\C(=C/Cc1cccc(C2=CNCC(c3cccc(-c4cc(-c5cccc(C6=CNCC=C6)c5)cc(-c5cccc(C6=CN(C)CC=C6)c5)c4)c3)=C2)c1)c1cccc(C2=CC=CNC2)c1)c1ccccc1.CC1=CNCC=C1. The molecular formula is C76H69N5. The Kier molecular flexibility index (Phi) is 16.9. The third kappa shape index (κ3) is 13.5. The second kappa shape index (κ2) is 25.7. The summed E-state index contributed by atoms with van der Waals surface area (Å²) in [7, 11) is 2.13. The van der Waals surface area contributed by atoms with Crippen LogP contribution in [0.25, 0.3) is 72.4 Å². The summed E-state index contributed by atoms with van der Waals surface area (Å²) in [4.78, 5) is 2.23. The van der Waals surface area contributed by atoms with E-state index >= 15 is 0 Å². The summed E-state index contributed by atoms with van der Waals surface area (Å²) in [5.41, 5.74) is 26.3. The number of hydrogen-bond donors (Lipinski definition) is 4. The van der Waals surface area contributed by atoms with Crippen molar-refractivity contribution >= 4 is 39.0 Å². The predicted octanol–water partition coefficient (Wildman–Crippen LogP) is 16.5. The second-order valence-corrected chi connectivity index (χ2v) is 21.0. The van der Waals surface area contributed by atoms with E-state index in [1.165, 1.54) is 100 Å². The molecule has 5 aliphatic heterocycles. The van der Waals surface area contributed by atoms with E-state index in [4.69, 9.17) is 0 Å². The number of rotatable bonds is 14. The van der Waals surface area contributed by atoms with E-state index in [1.807, 2.05) is 18.5 Å². The Bertz CT molecular complexity index is 3860. The molecule has 81 heavy (non-hydrogen) atoms. The molecule has 0 saturated carbocycles. The van der Waals surface area contributed by atoms with Gasteiger partial charge in [0.15, 0.2) is 0 Å². The highest BCUT2D eigenvalue weighted by atomic mass is 15.1. The monoisotopic (exact) mass is 1050 g/mol. The van der Waals surface area contributed by atoms with Crippen LogP contribution in [-0.4, -0.2) is 44.7 Å². The molecular weight excluding hydrogens is 983 g/mol. The van der Waals surface area contributed by atoms with Crippen LogP contribution in [0.4, 0.5) is 0 Å². The highest BCUT2D eigenvalue weighted by molar-refractivity contribution is 5.91. The Morgan fingerprint density at radius 1 is 0.494 bits per heavy atom. The molecule has 12 rings (SSSR count). The summed E-state index contributed by atoms with van der Waals surface area (Å²) in [6, 6.07) is 62.4. The van der Waals surface area contributed by atoms with Gasteiger partial charge in [0.25, 0.3) is 0 Å². The van der Waals surface area contributed by atoms with Crippen molar-refractivity contribution in [3.63, 3.8) is 0 Å². The van der Waals surface area contributed by atoms with Crippen molar-refractivity contribution in [1.29, 1.82) is 0 Å². The maximum atomic E-state index is 4.22. The zero-order chi connectivity index (χ0) is 55.2. The van der Waals surface area contributed by atoms with Crippen LogP contribution in [0.15, 0.2) is 286 Å². The van der Waals surface area contributed by atoms with Gasteiger partial charge in [-0.3, -0.25) is 0 Å². The van der Waals surface area contributed by atoms with E-state index in [-0.39, 0.29) is 0 Å². The first-order valence-corrected chi connectivity index (χ1v) is 28.2. The molecule has 4 N–H and O–H groups in total. The van der Waals surface area contributed by atoms with E-state index in [9.17, 15) is 0 Å². The van der Waals surface area contributed by atoms with Crippen LogP contribution < -0.4 is 21.3 Å². The molecule has 0 saturated heterocycles. The molecule has 5 aliphatic rings. The van der Waals surface area contributed by atoms with Gasteiger partial charge in [-0.15, -0.1) is 0 Å².